The molecule has 1 aliphatic carbocycles. The smallest absolute Gasteiger partial charge is 0.274 e. The van der Waals surface area contributed by atoms with Crippen molar-refractivity contribution >= 4 is 23.5 Å². The molecular weight excluding hydrogens is 316 g/mol. The number of hydrogen-bond acceptors (Lipinski definition) is 5. The zero-order chi connectivity index (χ0) is 16.4. The van der Waals surface area contributed by atoms with Crippen LogP contribution in [0.4, 0.5) is 5.95 Å². The summed E-state index contributed by atoms with van der Waals surface area (Å²) in [7, 11) is 0. The van der Waals surface area contributed by atoms with Crippen LogP contribution in [0.3, 0.4) is 0 Å². The van der Waals surface area contributed by atoms with E-state index in [-0.39, 0.29) is 18.1 Å². The topological polar surface area (TPSA) is 58.6 Å². The average Bonchev–Trinajstić information content (AvgIpc) is 3.05. The van der Waals surface area contributed by atoms with Crippen LogP contribution in [-0.2, 0) is 4.74 Å². The van der Waals surface area contributed by atoms with Crippen molar-refractivity contribution in [3.63, 3.8) is 0 Å². The molecule has 0 N–H and O–H groups in total. The van der Waals surface area contributed by atoms with Gasteiger partial charge in [0.2, 0.25) is 5.95 Å². The van der Waals surface area contributed by atoms with Crippen molar-refractivity contribution < 1.29 is 9.53 Å². The first kappa shape index (κ1) is 16.5. The molecule has 0 aromatic carbocycles. The second-order valence-electron chi connectivity index (χ2n) is 5.94. The number of rotatable bonds is 4. The summed E-state index contributed by atoms with van der Waals surface area (Å²) in [5, 5.41) is 0.312. The van der Waals surface area contributed by atoms with E-state index in [0.29, 0.717) is 29.8 Å². The van der Waals surface area contributed by atoms with Crippen LogP contribution in [0.25, 0.3) is 0 Å². The quantitative estimate of drug-likeness (QED) is 0.843. The second-order valence-corrected chi connectivity index (χ2v) is 6.35. The van der Waals surface area contributed by atoms with Crippen molar-refractivity contribution in [3.8, 4) is 0 Å². The summed E-state index contributed by atoms with van der Waals surface area (Å²) in [6.45, 7) is 6.82. The van der Waals surface area contributed by atoms with Gasteiger partial charge in [-0.05, 0) is 33.1 Å². The highest BCUT2D eigenvalue weighted by molar-refractivity contribution is 6.33. The number of anilines is 1. The number of amides is 1. The first-order valence-corrected chi connectivity index (χ1v) is 8.73. The molecule has 1 aromatic rings. The molecule has 0 spiro atoms. The van der Waals surface area contributed by atoms with E-state index in [9.17, 15) is 4.79 Å². The van der Waals surface area contributed by atoms with Gasteiger partial charge in [-0.1, -0.05) is 11.6 Å². The van der Waals surface area contributed by atoms with Gasteiger partial charge in [0.1, 0.15) is 0 Å². The van der Waals surface area contributed by atoms with E-state index >= 15 is 0 Å². The predicted molar refractivity (Wildman–Crippen MR) is 89.0 cm³/mol. The zero-order valence-corrected chi connectivity index (χ0v) is 14.4. The number of ether oxygens (including phenoxy) is 1. The van der Waals surface area contributed by atoms with Gasteiger partial charge >= 0.3 is 0 Å². The fourth-order valence-electron chi connectivity index (χ4n) is 3.48. The number of carbonyl (C=O) groups is 1. The number of fused-ring (bicyclic) bond motifs is 1. The Labute approximate surface area is 141 Å². The molecular formula is C16H23ClN4O2. The van der Waals surface area contributed by atoms with Gasteiger partial charge in [0.05, 0.1) is 30.0 Å². The van der Waals surface area contributed by atoms with E-state index in [2.05, 4.69) is 9.97 Å². The highest BCUT2D eigenvalue weighted by atomic mass is 35.5. The monoisotopic (exact) mass is 338 g/mol. The Hall–Kier alpha value is -1.40. The molecule has 1 amide bonds. The van der Waals surface area contributed by atoms with Crippen molar-refractivity contribution in [1.82, 2.24) is 14.9 Å². The van der Waals surface area contributed by atoms with Crippen LogP contribution in [0.2, 0.25) is 5.02 Å². The fraction of sp³-hybridized carbons (Fsp3) is 0.688. The van der Waals surface area contributed by atoms with Gasteiger partial charge in [-0.25, -0.2) is 9.97 Å². The number of halogens is 1. The second kappa shape index (κ2) is 7.01. The van der Waals surface area contributed by atoms with E-state index in [0.717, 1.165) is 32.4 Å². The summed E-state index contributed by atoms with van der Waals surface area (Å²) in [5.74, 6) is 0.449. The number of morpholine rings is 1. The molecule has 23 heavy (non-hydrogen) atoms. The first-order valence-electron chi connectivity index (χ1n) is 8.35. The average molecular weight is 339 g/mol. The Kier molecular flexibility index (Phi) is 5.02. The minimum atomic E-state index is -0.106. The summed E-state index contributed by atoms with van der Waals surface area (Å²) in [5.41, 5.74) is 0.302. The Morgan fingerprint density at radius 1 is 1.43 bits per heavy atom. The maximum absolute atomic E-state index is 13.0. The van der Waals surface area contributed by atoms with Crippen LogP contribution in [0.15, 0.2) is 6.20 Å². The van der Waals surface area contributed by atoms with Gasteiger partial charge in [0, 0.05) is 19.6 Å². The molecule has 126 valence electrons. The first-order chi connectivity index (χ1) is 11.2. The summed E-state index contributed by atoms with van der Waals surface area (Å²) in [4.78, 5) is 25.6. The van der Waals surface area contributed by atoms with Gasteiger partial charge in [-0.3, -0.25) is 4.79 Å². The van der Waals surface area contributed by atoms with Crippen molar-refractivity contribution in [3.05, 3.63) is 16.9 Å². The van der Waals surface area contributed by atoms with Crippen LogP contribution in [0, 0.1) is 0 Å². The largest absolute Gasteiger partial charge is 0.374 e. The lowest BCUT2D eigenvalue weighted by Crippen LogP contribution is -2.51. The number of carbonyl (C=O) groups excluding carboxylic acids is 1. The minimum Gasteiger partial charge on any atom is -0.374 e. The maximum Gasteiger partial charge on any atom is 0.274 e. The molecule has 2 aliphatic rings. The molecule has 6 nitrogen and oxygen atoms in total. The third-order valence-electron chi connectivity index (χ3n) is 4.72. The molecule has 1 aliphatic heterocycles. The highest BCUT2D eigenvalue weighted by Crippen LogP contribution is 2.31. The summed E-state index contributed by atoms with van der Waals surface area (Å²) >= 11 is 6.22. The lowest BCUT2D eigenvalue weighted by Gasteiger charge is -2.37. The highest BCUT2D eigenvalue weighted by Gasteiger charge is 2.39. The zero-order valence-electron chi connectivity index (χ0n) is 13.7. The molecule has 3 rings (SSSR count). The lowest BCUT2D eigenvalue weighted by atomic mass is 10.1. The van der Waals surface area contributed by atoms with Crippen molar-refractivity contribution in [2.75, 3.05) is 31.1 Å². The third kappa shape index (κ3) is 3.15. The van der Waals surface area contributed by atoms with Gasteiger partial charge in [0.15, 0.2) is 5.69 Å². The van der Waals surface area contributed by atoms with E-state index in [1.165, 1.54) is 6.20 Å². The molecule has 1 saturated carbocycles. The van der Waals surface area contributed by atoms with E-state index in [1.54, 1.807) is 0 Å². The van der Waals surface area contributed by atoms with Crippen LogP contribution in [-0.4, -0.2) is 59.2 Å². The SMILES string of the molecule is CCN(CC)c1ncc(Cl)c(C(=O)N2CCO[C@H]3CCC[C@@H]32)n1. The van der Waals surface area contributed by atoms with Crippen LogP contribution >= 0.6 is 11.6 Å². The van der Waals surface area contributed by atoms with Gasteiger partial charge in [-0.15, -0.1) is 0 Å². The number of nitrogens with zero attached hydrogens (tertiary/aromatic N) is 4. The third-order valence-corrected chi connectivity index (χ3v) is 5.00. The standard InChI is InChI=1S/C16H23ClN4O2/c1-3-20(4-2)16-18-10-11(17)14(19-16)15(22)21-8-9-23-13-7-5-6-12(13)21/h10,12-13H,3-9H2,1-2H3/t12-,13-/m0/s1. The van der Waals surface area contributed by atoms with Crippen molar-refractivity contribution in [2.24, 2.45) is 0 Å². The lowest BCUT2D eigenvalue weighted by molar-refractivity contribution is -0.0447. The summed E-state index contributed by atoms with van der Waals surface area (Å²) < 4.78 is 5.78. The number of hydrogen-bond donors (Lipinski definition) is 0. The van der Waals surface area contributed by atoms with Crippen LogP contribution in [0.1, 0.15) is 43.6 Å². The predicted octanol–water partition coefficient (Wildman–Crippen LogP) is 2.37. The molecule has 0 bridgehead atoms. The number of aromatic nitrogens is 2. The fourth-order valence-corrected chi connectivity index (χ4v) is 3.65. The maximum atomic E-state index is 13.0. The summed E-state index contributed by atoms with van der Waals surface area (Å²) in [6.07, 6.45) is 4.80. The van der Waals surface area contributed by atoms with Crippen LogP contribution in [0.5, 0.6) is 0 Å². The van der Waals surface area contributed by atoms with E-state index in [1.807, 2.05) is 23.6 Å². The normalized spacial score (nSPS) is 23.7. The molecule has 1 saturated heterocycles. The van der Waals surface area contributed by atoms with Crippen LogP contribution < -0.4 is 4.90 Å². The molecule has 2 fully saturated rings. The molecule has 0 unspecified atom stereocenters. The Morgan fingerprint density at radius 2 is 2.22 bits per heavy atom. The Morgan fingerprint density at radius 3 is 2.96 bits per heavy atom. The Bertz CT molecular complexity index is 579. The molecule has 7 heteroatoms. The Balaban J connectivity index is 1.87. The molecule has 1 aromatic heterocycles. The summed E-state index contributed by atoms with van der Waals surface area (Å²) in [6, 6.07) is 0.152. The van der Waals surface area contributed by atoms with E-state index in [4.69, 9.17) is 16.3 Å². The van der Waals surface area contributed by atoms with E-state index < -0.39 is 0 Å². The minimum absolute atomic E-state index is 0.106. The van der Waals surface area contributed by atoms with Gasteiger partial charge < -0.3 is 14.5 Å². The molecule has 2 atom stereocenters. The van der Waals surface area contributed by atoms with Crippen molar-refractivity contribution in [1.29, 1.82) is 0 Å². The van der Waals surface area contributed by atoms with Crippen molar-refractivity contribution in [2.45, 2.75) is 45.3 Å². The molecule has 2 heterocycles. The molecule has 0 radical (unpaired) electrons. The van der Waals surface area contributed by atoms with Gasteiger partial charge in [0.25, 0.3) is 5.91 Å². The van der Waals surface area contributed by atoms with Gasteiger partial charge in [-0.2, -0.15) is 0 Å².